The lowest BCUT2D eigenvalue weighted by Gasteiger charge is -1.88. The quantitative estimate of drug-likeness (QED) is 0.748. The molecular formula is C8H8BrNO. The minimum atomic E-state index is -0.0678. The van der Waals surface area contributed by atoms with Gasteiger partial charge in [0.1, 0.15) is 0 Å². The molecule has 11 heavy (non-hydrogen) atoms. The number of halogens is 1. The molecule has 1 heterocycles. The van der Waals surface area contributed by atoms with Gasteiger partial charge in [-0.15, -0.1) is 0 Å². The van der Waals surface area contributed by atoms with Crippen LogP contribution < -0.4 is 5.56 Å². The number of hydrogen-bond donors (Lipinski definition) is 1. The number of alkyl halides is 1. The molecule has 0 bridgehead atoms. The minimum Gasteiger partial charge on any atom is -0.329 e. The Morgan fingerprint density at radius 2 is 2.45 bits per heavy atom. The second kappa shape index (κ2) is 4.13. The summed E-state index contributed by atoms with van der Waals surface area (Å²) in [6.07, 6.45) is 5.47. The maximum absolute atomic E-state index is 10.8. The standard InChI is InChI=1S/C8H8BrNO/c9-4-1-2-7-3-5-10-8(11)6-7/h1-3,5-6H,4H2,(H,10,11). The minimum absolute atomic E-state index is 0.0678. The van der Waals surface area contributed by atoms with Gasteiger partial charge in [-0.2, -0.15) is 0 Å². The number of rotatable bonds is 2. The first kappa shape index (κ1) is 8.27. The van der Waals surface area contributed by atoms with Crippen LogP contribution in [0.15, 0.2) is 29.2 Å². The maximum atomic E-state index is 10.8. The lowest BCUT2D eigenvalue weighted by Crippen LogP contribution is -2.01. The van der Waals surface area contributed by atoms with Crippen molar-refractivity contribution in [2.24, 2.45) is 0 Å². The molecule has 0 saturated carbocycles. The Morgan fingerprint density at radius 3 is 3.09 bits per heavy atom. The lowest BCUT2D eigenvalue weighted by molar-refractivity contribution is 1.23. The predicted octanol–water partition coefficient (Wildman–Crippen LogP) is 1.78. The molecule has 0 aliphatic carbocycles. The number of H-pyrrole nitrogens is 1. The van der Waals surface area contributed by atoms with Gasteiger partial charge < -0.3 is 4.98 Å². The molecule has 0 spiro atoms. The molecule has 1 aromatic heterocycles. The molecule has 58 valence electrons. The molecule has 0 radical (unpaired) electrons. The van der Waals surface area contributed by atoms with Crippen molar-refractivity contribution in [1.82, 2.24) is 4.98 Å². The molecule has 1 aromatic rings. The highest BCUT2D eigenvalue weighted by Crippen LogP contribution is 1.96. The summed E-state index contributed by atoms with van der Waals surface area (Å²) in [5.41, 5.74) is 0.856. The number of aromatic amines is 1. The van der Waals surface area contributed by atoms with Gasteiger partial charge in [-0.1, -0.05) is 28.1 Å². The second-order valence-electron chi connectivity index (χ2n) is 2.04. The van der Waals surface area contributed by atoms with Gasteiger partial charge in [0.15, 0.2) is 0 Å². The molecule has 1 N–H and O–H groups in total. The Kier molecular flexibility index (Phi) is 3.11. The second-order valence-corrected chi connectivity index (χ2v) is 2.69. The normalized spacial score (nSPS) is 10.6. The zero-order valence-corrected chi connectivity index (χ0v) is 7.47. The fourth-order valence-electron chi connectivity index (χ4n) is 0.745. The summed E-state index contributed by atoms with van der Waals surface area (Å²) >= 11 is 3.25. The molecule has 0 unspecified atom stereocenters. The monoisotopic (exact) mass is 213 g/mol. The highest BCUT2D eigenvalue weighted by molar-refractivity contribution is 9.09. The Labute approximate surface area is 73.1 Å². The van der Waals surface area contributed by atoms with E-state index >= 15 is 0 Å². The van der Waals surface area contributed by atoms with Crippen molar-refractivity contribution in [1.29, 1.82) is 0 Å². The van der Waals surface area contributed by atoms with Crippen LogP contribution in [-0.2, 0) is 0 Å². The van der Waals surface area contributed by atoms with E-state index in [-0.39, 0.29) is 5.56 Å². The van der Waals surface area contributed by atoms with E-state index in [4.69, 9.17) is 0 Å². The third-order valence-corrected chi connectivity index (χ3v) is 1.57. The lowest BCUT2D eigenvalue weighted by atomic mass is 10.2. The largest absolute Gasteiger partial charge is 0.329 e. The van der Waals surface area contributed by atoms with Crippen molar-refractivity contribution in [3.05, 3.63) is 40.3 Å². The Bertz CT molecular complexity index is 303. The zero-order chi connectivity index (χ0) is 8.10. The van der Waals surface area contributed by atoms with Gasteiger partial charge in [0.05, 0.1) is 0 Å². The van der Waals surface area contributed by atoms with E-state index in [0.29, 0.717) is 0 Å². The van der Waals surface area contributed by atoms with Crippen molar-refractivity contribution in [3.8, 4) is 0 Å². The van der Waals surface area contributed by atoms with Crippen molar-refractivity contribution in [3.63, 3.8) is 0 Å². The predicted molar refractivity (Wildman–Crippen MR) is 49.9 cm³/mol. The third-order valence-electron chi connectivity index (χ3n) is 1.20. The third kappa shape index (κ3) is 2.72. The van der Waals surface area contributed by atoms with Crippen LogP contribution in [0.1, 0.15) is 5.56 Å². The van der Waals surface area contributed by atoms with Crippen LogP contribution in [-0.4, -0.2) is 10.3 Å². The van der Waals surface area contributed by atoms with E-state index in [2.05, 4.69) is 20.9 Å². The number of nitrogens with one attached hydrogen (secondary N) is 1. The fourth-order valence-corrected chi connectivity index (χ4v) is 0.932. The summed E-state index contributed by atoms with van der Waals surface area (Å²) < 4.78 is 0. The number of hydrogen-bond acceptors (Lipinski definition) is 1. The molecule has 0 aliphatic rings. The summed E-state index contributed by atoms with van der Waals surface area (Å²) in [6, 6.07) is 3.40. The Hall–Kier alpha value is -0.830. The van der Waals surface area contributed by atoms with Gasteiger partial charge in [-0.3, -0.25) is 4.79 Å². The number of pyridine rings is 1. The van der Waals surface area contributed by atoms with E-state index in [1.807, 2.05) is 18.2 Å². The molecule has 0 aliphatic heterocycles. The van der Waals surface area contributed by atoms with Crippen LogP contribution in [0, 0.1) is 0 Å². The summed E-state index contributed by atoms with van der Waals surface area (Å²) in [6.45, 7) is 0. The van der Waals surface area contributed by atoms with Gasteiger partial charge in [0.25, 0.3) is 0 Å². The van der Waals surface area contributed by atoms with Gasteiger partial charge >= 0.3 is 0 Å². The first-order valence-electron chi connectivity index (χ1n) is 3.24. The van der Waals surface area contributed by atoms with Crippen LogP contribution in [0.25, 0.3) is 6.08 Å². The average molecular weight is 214 g/mol. The Morgan fingerprint density at radius 1 is 1.64 bits per heavy atom. The SMILES string of the molecule is O=c1cc(C=CCBr)cc[nH]1. The summed E-state index contributed by atoms with van der Waals surface area (Å²) in [4.78, 5) is 13.3. The first-order chi connectivity index (χ1) is 5.33. The molecule has 0 saturated heterocycles. The summed E-state index contributed by atoms with van der Waals surface area (Å²) in [5.74, 6) is 0. The van der Waals surface area contributed by atoms with Crippen LogP contribution in [0.5, 0.6) is 0 Å². The highest BCUT2D eigenvalue weighted by Gasteiger charge is 1.85. The van der Waals surface area contributed by atoms with Gasteiger partial charge in [0, 0.05) is 17.6 Å². The average Bonchev–Trinajstić information content (AvgIpc) is 2.01. The molecule has 3 heteroatoms. The molecule has 0 aromatic carbocycles. The molecular weight excluding hydrogens is 206 g/mol. The van der Waals surface area contributed by atoms with E-state index < -0.39 is 0 Å². The van der Waals surface area contributed by atoms with Gasteiger partial charge in [-0.05, 0) is 11.6 Å². The summed E-state index contributed by atoms with van der Waals surface area (Å²) in [5, 5.41) is 0.805. The highest BCUT2D eigenvalue weighted by atomic mass is 79.9. The molecule has 0 atom stereocenters. The van der Waals surface area contributed by atoms with E-state index in [1.165, 1.54) is 0 Å². The molecule has 2 nitrogen and oxygen atoms in total. The van der Waals surface area contributed by atoms with Crippen LogP contribution in [0.2, 0.25) is 0 Å². The van der Waals surface area contributed by atoms with Gasteiger partial charge in [-0.25, -0.2) is 0 Å². The number of aromatic nitrogens is 1. The van der Waals surface area contributed by atoms with Crippen molar-refractivity contribution in [2.45, 2.75) is 0 Å². The van der Waals surface area contributed by atoms with Gasteiger partial charge in [0.2, 0.25) is 5.56 Å². The van der Waals surface area contributed by atoms with Crippen molar-refractivity contribution >= 4 is 22.0 Å². The molecule has 1 rings (SSSR count). The zero-order valence-electron chi connectivity index (χ0n) is 5.88. The first-order valence-corrected chi connectivity index (χ1v) is 4.36. The van der Waals surface area contributed by atoms with Crippen molar-refractivity contribution < 1.29 is 0 Å². The smallest absolute Gasteiger partial charge is 0.248 e. The van der Waals surface area contributed by atoms with Crippen LogP contribution in [0.3, 0.4) is 0 Å². The van der Waals surface area contributed by atoms with Crippen LogP contribution in [0.4, 0.5) is 0 Å². The summed E-state index contributed by atoms with van der Waals surface area (Å²) in [7, 11) is 0. The van der Waals surface area contributed by atoms with Crippen LogP contribution >= 0.6 is 15.9 Å². The van der Waals surface area contributed by atoms with E-state index in [9.17, 15) is 4.79 Å². The molecule has 0 fully saturated rings. The van der Waals surface area contributed by atoms with E-state index in [0.717, 1.165) is 10.9 Å². The topological polar surface area (TPSA) is 32.9 Å². The number of allylic oxidation sites excluding steroid dienone is 1. The fraction of sp³-hybridized carbons (Fsp3) is 0.125. The Balaban J connectivity index is 2.88. The maximum Gasteiger partial charge on any atom is 0.248 e. The molecule has 0 amide bonds. The van der Waals surface area contributed by atoms with Crippen molar-refractivity contribution in [2.75, 3.05) is 5.33 Å². The van der Waals surface area contributed by atoms with E-state index in [1.54, 1.807) is 12.3 Å².